The lowest BCUT2D eigenvalue weighted by Crippen LogP contribution is -2.47. The Kier molecular flexibility index (Phi) is 12.0. The van der Waals surface area contributed by atoms with Crippen molar-refractivity contribution in [3.8, 4) is 28.4 Å². The van der Waals surface area contributed by atoms with Gasteiger partial charge in [0.2, 0.25) is 0 Å². The van der Waals surface area contributed by atoms with E-state index in [1.54, 1.807) is 21.3 Å². The van der Waals surface area contributed by atoms with E-state index >= 15 is 0 Å². The van der Waals surface area contributed by atoms with Gasteiger partial charge in [0.25, 0.3) is 0 Å². The predicted molar refractivity (Wildman–Crippen MR) is 212 cm³/mol. The fourth-order valence-corrected chi connectivity index (χ4v) is 7.85. The summed E-state index contributed by atoms with van der Waals surface area (Å²) >= 11 is 0. The Balaban J connectivity index is 1.17. The minimum atomic E-state index is 0.288. The molecule has 7 rings (SSSR count). The molecule has 0 atom stereocenters. The molecule has 284 valence electrons. The molecule has 0 amide bonds. The summed E-state index contributed by atoms with van der Waals surface area (Å²) in [7, 11) is 7.31. The Labute approximate surface area is 314 Å². The normalized spacial score (nSPS) is 17.9. The minimum Gasteiger partial charge on any atom is -0.497 e. The third-order valence-corrected chi connectivity index (χ3v) is 11.2. The summed E-state index contributed by atoms with van der Waals surface area (Å²) in [5, 5.41) is 7.27. The van der Waals surface area contributed by atoms with Gasteiger partial charge in [-0.25, -0.2) is 15.0 Å². The molecular formula is C41H56N8O4. The molecule has 5 heterocycles. The van der Waals surface area contributed by atoms with Crippen LogP contribution in [0.2, 0.25) is 0 Å². The molecule has 12 nitrogen and oxygen atoms in total. The minimum absolute atomic E-state index is 0.288. The lowest BCUT2D eigenvalue weighted by molar-refractivity contribution is 0.0903. The number of nitrogens with zero attached hydrogens (tertiary/aromatic N) is 6. The molecule has 0 bridgehead atoms. The van der Waals surface area contributed by atoms with Crippen LogP contribution in [0.4, 0.5) is 17.3 Å². The molecule has 2 aromatic heterocycles. The summed E-state index contributed by atoms with van der Waals surface area (Å²) in [5.41, 5.74) is 6.46. The highest BCUT2D eigenvalue weighted by Gasteiger charge is 2.26. The SMILES string of the molecule is CCc1nc2c(NCc3ccc(OC)cc3OC)ncc(-c3ccc(N4CCC(CN5CCN(C)CC5)CC4)c(OC)c3)c2nc1NC1CCOCC1. The van der Waals surface area contributed by atoms with E-state index in [1.807, 2.05) is 24.4 Å². The standard InChI is InChI=1S/C41H56N8O4/c1-6-34-40(44-31-13-21-53-22-14-31)46-38-33(26-43-41(39(38)45-34)42-25-30-7-9-32(50-3)24-36(30)51-4)29-8-10-35(37(23-29)52-5)49-15-11-28(12-16-49)27-48-19-17-47(2)18-20-48/h7-10,23-24,26,28,31H,6,11-22,25,27H2,1-5H3,(H,42,43)(H,44,46). The van der Waals surface area contributed by atoms with Crippen LogP contribution >= 0.6 is 0 Å². The van der Waals surface area contributed by atoms with Gasteiger partial charge in [0, 0.05) is 95.0 Å². The van der Waals surface area contributed by atoms with Crippen molar-refractivity contribution in [3.63, 3.8) is 0 Å². The third-order valence-electron chi connectivity index (χ3n) is 11.2. The van der Waals surface area contributed by atoms with Gasteiger partial charge < -0.3 is 44.3 Å². The van der Waals surface area contributed by atoms with E-state index in [4.69, 9.17) is 33.9 Å². The smallest absolute Gasteiger partial charge is 0.154 e. The van der Waals surface area contributed by atoms with E-state index in [9.17, 15) is 0 Å². The zero-order chi connectivity index (χ0) is 36.7. The van der Waals surface area contributed by atoms with Gasteiger partial charge in [-0.15, -0.1) is 0 Å². The molecule has 3 fully saturated rings. The summed E-state index contributed by atoms with van der Waals surface area (Å²) in [6.07, 6.45) is 6.91. The van der Waals surface area contributed by atoms with E-state index < -0.39 is 0 Å². The number of anilines is 3. The van der Waals surface area contributed by atoms with Crippen LogP contribution in [0.5, 0.6) is 17.2 Å². The quantitative estimate of drug-likeness (QED) is 0.170. The molecule has 12 heteroatoms. The number of rotatable bonds is 13. The summed E-state index contributed by atoms with van der Waals surface area (Å²) in [6, 6.07) is 12.6. The molecule has 3 aliphatic rings. The van der Waals surface area contributed by atoms with Gasteiger partial charge in [0.1, 0.15) is 34.1 Å². The second kappa shape index (κ2) is 17.2. The van der Waals surface area contributed by atoms with Gasteiger partial charge in [0.15, 0.2) is 5.82 Å². The third kappa shape index (κ3) is 8.55. The van der Waals surface area contributed by atoms with Crippen LogP contribution in [-0.4, -0.2) is 118 Å². The van der Waals surface area contributed by atoms with Crippen LogP contribution in [0, 0.1) is 5.92 Å². The Morgan fingerprint density at radius 1 is 0.811 bits per heavy atom. The van der Waals surface area contributed by atoms with E-state index in [1.165, 1.54) is 45.6 Å². The van der Waals surface area contributed by atoms with Gasteiger partial charge in [-0.2, -0.15) is 0 Å². The number of benzene rings is 2. The average molecular weight is 725 g/mol. The molecule has 53 heavy (non-hydrogen) atoms. The van der Waals surface area contributed by atoms with Crippen molar-refractivity contribution in [1.29, 1.82) is 0 Å². The molecule has 0 aliphatic carbocycles. The van der Waals surface area contributed by atoms with Crippen molar-refractivity contribution in [3.05, 3.63) is 53.9 Å². The number of hydrogen-bond acceptors (Lipinski definition) is 12. The Hall–Kier alpha value is -4.39. The number of methoxy groups -OCH3 is 3. The second-order valence-electron chi connectivity index (χ2n) is 14.6. The molecule has 2 N–H and O–H groups in total. The van der Waals surface area contributed by atoms with Crippen LogP contribution in [0.1, 0.15) is 43.9 Å². The Bertz CT molecular complexity index is 1830. The number of piperidine rings is 1. The molecule has 2 aromatic carbocycles. The summed E-state index contributed by atoms with van der Waals surface area (Å²) in [5.74, 6) is 4.59. The Morgan fingerprint density at radius 2 is 1.58 bits per heavy atom. The molecule has 3 aliphatic heterocycles. The van der Waals surface area contributed by atoms with Crippen LogP contribution in [-0.2, 0) is 17.7 Å². The van der Waals surface area contributed by atoms with Gasteiger partial charge >= 0.3 is 0 Å². The molecule has 0 saturated carbocycles. The first-order chi connectivity index (χ1) is 26.0. The molecule has 0 radical (unpaired) electrons. The number of nitrogens with one attached hydrogen (secondary N) is 2. The van der Waals surface area contributed by atoms with Crippen molar-refractivity contribution in [2.24, 2.45) is 5.92 Å². The molecular weight excluding hydrogens is 669 g/mol. The predicted octanol–water partition coefficient (Wildman–Crippen LogP) is 5.95. The van der Waals surface area contributed by atoms with Gasteiger partial charge in [-0.3, -0.25) is 0 Å². The summed E-state index contributed by atoms with van der Waals surface area (Å²) < 4.78 is 22.8. The fraction of sp³-hybridized carbons (Fsp3) is 0.537. The topological polar surface area (TPSA) is 109 Å². The van der Waals surface area contributed by atoms with Gasteiger partial charge in [-0.1, -0.05) is 13.0 Å². The van der Waals surface area contributed by atoms with Crippen molar-refractivity contribution >= 4 is 28.4 Å². The lowest BCUT2D eigenvalue weighted by Gasteiger charge is -2.39. The maximum atomic E-state index is 6.07. The van der Waals surface area contributed by atoms with E-state index in [0.29, 0.717) is 12.4 Å². The lowest BCUT2D eigenvalue weighted by atomic mass is 9.95. The maximum absolute atomic E-state index is 6.07. The van der Waals surface area contributed by atoms with Gasteiger partial charge in [-0.05, 0) is 74.9 Å². The Morgan fingerprint density at radius 3 is 2.30 bits per heavy atom. The van der Waals surface area contributed by atoms with Crippen LogP contribution in [0.3, 0.4) is 0 Å². The van der Waals surface area contributed by atoms with Gasteiger partial charge in [0.05, 0.1) is 32.7 Å². The average Bonchev–Trinajstić information content (AvgIpc) is 3.21. The number of pyridine rings is 1. The monoisotopic (exact) mass is 724 g/mol. The number of aromatic nitrogens is 3. The van der Waals surface area contributed by atoms with Crippen LogP contribution in [0.25, 0.3) is 22.2 Å². The fourth-order valence-electron chi connectivity index (χ4n) is 7.85. The summed E-state index contributed by atoms with van der Waals surface area (Å²) in [4.78, 5) is 23.1. The van der Waals surface area contributed by atoms with E-state index in [-0.39, 0.29) is 6.04 Å². The van der Waals surface area contributed by atoms with Crippen LogP contribution in [0.15, 0.2) is 42.6 Å². The van der Waals surface area contributed by atoms with Crippen molar-refractivity contribution in [2.45, 2.75) is 51.6 Å². The number of ether oxygens (including phenoxy) is 4. The zero-order valence-corrected chi connectivity index (χ0v) is 32.1. The number of likely N-dealkylation sites (N-methyl/N-ethyl adjacent to an activating group) is 1. The van der Waals surface area contributed by atoms with Crippen molar-refractivity contribution < 1.29 is 18.9 Å². The number of aryl methyl sites for hydroxylation is 1. The highest BCUT2D eigenvalue weighted by atomic mass is 16.5. The molecule has 0 spiro atoms. The number of hydrogen-bond donors (Lipinski definition) is 2. The molecule has 4 aromatic rings. The van der Waals surface area contributed by atoms with Crippen molar-refractivity contribution in [1.82, 2.24) is 24.8 Å². The van der Waals surface area contributed by atoms with Crippen LogP contribution < -0.4 is 29.7 Å². The zero-order valence-electron chi connectivity index (χ0n) is 32.1. The van der Waals surface area contributed by atoms with E-state index in [2.05, 4.69) is 57.5 Å². The highest BCUT2D eigenvalue weighted by Crippen LogP contribution is 2.39. The maximum Gasteiger partial charge on any atom is 0.154 e. The highest BCUT2D eigenvalue weighted by molar-refractivity contribution is 5.98. The molecule has 3 saturated heterocycles. The number of fused-ring (bicyclic) bond motifs is 1. The summed E-state index contributed by atoms with van der Waals surface area (Å²) in [6.45, 7) is 12.1. The first kappa shape index (κ1) is 36.9. The number of piperazine rings is 1. The molecule has 0 unspecified atom stereocenters. The largest absolute Gasteiger partial charge is 0.497 e. The first-order valence-electron chi connectivity index (χ1n) is 19.3. The van der Waals surface area contributed by atoms with Crippen molar-refractivity contribution in [2.75, 3.05) is 103 Å². The second-order valence-corrected chi connectivity index (χ2v) is 14.6. The first-order valence-corrected chi connectivity index (χ1v) is 19.3. The van der Waals surface area contributed by atoms with E-state index in [0.717, 1.165) is 114 Å².